The van der Waals surface area contributed by atoms with Crippen molar-refractivity contribution in [3.8, 4) is 0 Å². The van der Waals surface area contributed by atoms with E-state index in [2.05, 4.69) is 20.4 Å². The molecule has 0 aliphatic heterocycles. The molecular weight excluding hydrogens is 232 g/mol. The molecule has 4 heteroatoms. The topological polar surface area (TPSA) is 57.5 Å². The number of hydrogen-bond acceptors (Lipinski definition) is 2. The van der Waals surface area contributed by atoms with E-state index in [1.165, 1.54) is 6.42 Å². The summed E-state index contributed by atoms with van der Waals surface area (Å²) in [6, 6.07) is 0. The second-order valence-electron chi connectivity index (χ2n) is 2.87. The molecule has 3 nitrogen and oxygen atoms in total. The van der Waals surface area contributed by atoms with Gasteiger partial charge in [0.05, 0.1) is 0 Å². The van der Waals surface area contributed by atoms with Crippen molar-refractivity contribution in [1.29, 1.82) is 0 Å². The van der Waals surface area contributed by atoms with E-state index in [4.69, 9.17) is 10.2 Å². The quantitative estimate of drug-likeness (QED) is 0.453. The van der Waals surface area contributed by atoms with Crippen LogP contribution in [0.3, 0.4) is 0 Å². The zero-order valence-electron chi connectivity index (χ0n) is 10.3. The number of aliphatic carboxylic acids is 1. The number of carboxylic acids is 1. The molecule has 0 saturated heterocycles. The van der Waals surface area contributed by atoms with Gasteiger partial charge in [0.25, 0.3) is 0 Å². The summed E-state index contributed by atoms with van der Waals surface area (Å²) in [6.07, 6.45) is 6.51. The predicted octanol–water partition coefficient (Wildman–Crippen LogP) is 2.32. The second-order valence-corrected chi connectivity index (χ2v) is 2.87. The molecule has 96 valence electrons. The first-order valence-corrected chi connectivity index (χ1v) is 5.54. The molecule has 0 fully saturated rings. The Hall–Kier alpha value is 0.430. The summed E-state index contributed by atoms with van der Waals surface area (Å²) in [6.45, 7) is 9.62. The van der Waals surface area contributed by atoms with Crippen molar-refractivity contribution >= 4 is 43.7 Å². The van der Waals surface area contributed by atoms with E-state index < -0.39 is 5.97 Å². The third-order valence-electron chi connectivity index (χ3n) is 1.35. The maximum absolute atomic E-state index is 9.37. The van der Waals surface area contributed by atoms with Gasteiger partial charge in [0.1, 0.15) is 0 Å². The van der Waals surface area contributed by atoms with Gasteiger partial charge in [0.2, 0.25) is 0 Å². The van der Waals surface area contributed by atoms with E-state index in [9.17, 15) is 4.79 Å². The first kappa shape index (κ1) is 25.3. The zero-order valence-corrected chi connectivity index (χ0v) is 10.3. The molecule has 0 bridgehead atoms. The SMILES string of the molecule is C=CCC.CCC(=O)O.CCCCCO.[CaH2]. The van der Waals surface area contributed by atoms with Crippen LogP contribution in [0.25, 0.3) is 0 Å². The summed E-state index contributed by atoms with van der Waals surface area (Å²) in [7, 11) is 0. The number of rotatable bonds is 5. The molecule has 0 saturated carbocycles. The van der Waals surface area contributed by atoms with Gasteiger partial charge in [-0.25, -0.2) is 0 Å². The average Bonchev–Trinajstić information content (AvgIpc) is 2.27. The Labute approximate surface area is 130 Å². The van der Waals surface area contributed by atoms with E-state index in [-0.39, 0.29) is 44.2 Å². The molecule has 0 amide bonds. The number of allylic oxidation sites excluding steroid dienone is 1. The Morgan fingerprint density at radius 3 is 1.69 bits per heavy atom. The summed E-state index contributed by atoms with van der Waals surface area (Å²) in [5.74, 6) is -0.745. The van der Waals surface area contributed by atoms with Crippen LogP contribution < -0.4 is 0 Å². The van der Waals surface area contributed by atoms with Crippen molar-refractivity contribution in [2.24, 2.45) is 0 Å². The van der Waals surface area contributed by atoms with Crippen molar-refractivity contribution in [3.63, 3.8) is 0 Å². The molecule has 0 atom stereocenters. The van der Waals surface area contributed by atoms with Crippen molar-refractivity contribution < 1.29 is 15.0 Å². The average molecular weight is 260 g/mol. The molecule has 2 N–H and O–H groups in total. The number of aliphatic hydroxyl groups excluding tert-OH is 1. The third kappa shape index (κ3) is 63.0. The van der Waals surface area contributed by atoms with Crippen LogP contribution in [0, 0.1) is 0 Å². The summed E-state index contributed by atoms with van der Waals surface area (Å²) >= 11 is 0. The molecule has 16 heavy (non-hydrogen) atoms. The zero-order chi connectivity index (χ0) is 12.5. The molecule has 0 rings (SSSR count). The van der Waals surface area contributed by atoms with Crippen LogP contribution in [0.15, 0.2) is 12.7 Å². The van der Waals surface area contributed by atoms with Crippen molar-refractivity contribution in [3.05, 3.63) is 12.7 Å². The number of unbranched alkanes of at least 4 members (excludes halogenated alkanes) is 2. The van der Waals surface area contributed by atoms with Crippen LogP contribution in [0.5, 0.6) is 0 Å². The van der Waals surface area contributed by atoms with Gasteiger partial charge in [-0.05, 0) is 12.8 Å². The Kier molecular flexibility index (Phi) is 46.7. The van der Waals surface area contributed by atoms with Gasteiger partial charge in [-0.15, -0.1) is 6.58 Å². The van der Waals surface area contributed by atoms with Crippen molar-refractivity contribution in [2.45, 2.75) is 52.9 Å². The minimum atomic E-state index is -0.745. The van der Waals surface area contributed by atoms with Gasteiger partial charge < -0.3 is 10.2 Å². The van der Waals surface area contributed by atoms with Crippen molar-refractivity contribution in [2.75, 3.05) is 6.61 Å². The Balaban J connectivity index is -0.0000000668. The number of aliphatic hydroxyl groups is 1. The number of hydrogen-bond donors (Lipinski definition) is 2. The summed E-state index contributed by atoms with van der Waals surface area (Å²) < 4.78 is 0. The van der Waals surface area contributed by atoms with E-state index in [0.29, 0.717) is 6.61 Å². The normalized spacial score (nSPS) is 7.25. The first-order chi connectivity index (χ1) is 7.10. The molecule has 0 heterocycles. The molecule has 0 spiro atoms. The second kappa shape index (κ2) is 29.5. The van der Waals surface area contributed by atoms with Crippen LogP contribution >= 0.6 is 0 Å². The molecule has 0 aromatic heterocycles. The Morgan fingerprint density at radius 2 is 1.62 bits per heavy atom. The standard InChI is InChI=1S/C5H12O.C4H8.C3H6O2.Ca.2H/c1-2-3-4-5-6;1-3-4-2;1-2-3(4)5;;;/h6H,2-5H2,1H3;3H,1,4H2,2H3;2H2,1H3,(H,4,5);;;. The van der Waals surface area contributed by atoms with E-state index >= 15 is 0 Å². The van der Waals surface area contributed by atoms with Crippen molar-refractivity contribution in [1.82, 2.24) is 0 Å². The Bertz CT molecular complexity index is 123. The van der Waals surface area contributed by atoms with Crippen LogP contribution in [-0.4, -0.2) is 60.5 Å². The van der Waals surface area contributed by atoms with Crippen LogP contribution in [0.4, 0.5) is 0 Å². The molecule has 0 aromatic carbocycles. The third-order valence-corrected chi connectivity index (χ3v) is 1.35. The minimum absolute atomic E-state index is 0. The van der Waals surface area contributed by atoms with Crippen LogP contribution in [0.2, 0.25) is 0 Å². The van der Waals surface area contributed by atoms with E-state index in [0.717, 1.165) is 19.3 Å². The van der Waals surface area contributed by atoms with Crippen LogP contribution in [-0.2, 0) is 4.79 Å². The van der Waals surface area contributed by atoms with Crippen LogP contribution in [0.1, 0.15) is 52.9 Å². The fourth-order valence-corrected chi connectivity index (χ4v) is 0.362. The molecule has 0 unspecified atom stereocenters. The maximum atomic E-state index is 9.37. The van der Waals surface area contributed by atoms with Gasteiger partial charge in [0, 0.05) is 13.0 Å². The fourth-order valence-electron chi connectivity index (χ4n) is 0.362. The number of carboxylic acid groups (broad SMARTS) is 1. The molecule has 0 radical (unpaired) electrons. The summed E-state index contributed by atoms with van der Waals surface area (Å²) in [5, 5.41) is 15.9. The molecule has 0 aromatic rings. The van der Waals surface area contributed by atoms with E-state index in [1.807, 2.05) is 6.08 Å². The first-order valence-electron chi connectivity index (χ1n) is 5.54. The summed E-state index contributed by atoms with van der Waals surface area (Å²) in [5.41, 5.74) is 0. The van der Waals surface area contributed by atoms with Gasteiger partial charge in [-0.2, -0.15) is 0 Å². The van der Waals surface area contributed by atoms with E-state index in [1.54, 1.807) is 6.92 Å². The van der Waals surface area contributed by atoms with Gasteiger partial charge >= 0.3 is 43.7 Å². The Morgan fingerprint density at radius 1 is 1.25 bits per heavy atom. The predicted molar refractivity (Wildman–Crippen MR) is 73.6 cm³/mol. The molecule has 0 aliphatic carbocycles. The van der Waals surface area contributed by atoms with Gasteiger partial charge in [0.15, 0.2) is 0 Å². The molecular formula is C12H28CaO3. The monoisotopic (exact) mass is 260 g/mol. The van der Waals surface area contributed by atoms with Gasteiger partial charge in [-0.1, -0.05) is 39.7 Å². The number of carbonyl (C=O) groups is 1. The fraction of sp³-hybridized carbons (Fsp3) is 0.750. The molecule has 0 aliphatic rings. The van der Waals surface area contributed by atoms with Gasteiger partial charge in [-0.3, -0.25) is 4.79 Å². The summed E-state index contributed by atoms with van der Waals surface area (Å²) in [4.78, 5) is 9.37.